The average Bonchev–Trinajstić information content (AvgIpc) is 2.61. The lowest BCUT2D eigenvalue weighted by Crippen LogP contribution is -2.39. The van der Waals surface area contributed by atoms with E-state index in [-0.39, 0.29) is 5.91 Å². The highest BCUT2D eigenvalue weighted by atomic mass is 16.5. The quantitative estimate of drug-likeness (QED) is 0.827. The minimum Gasteiger partial charge on any atom is -0.482 e. The lowest BCUT2D eigenvalue weighted by Gasteiger charge is -2.23. The number of ether oxygens (including phenoxy) is 1. The van der Waals surface area contributed by atoms with Gasteiger partial charge in [-0.3, -0.25) is 4.79 Å². The van der Waals surface area contributed by atoms with Gasteiger partial charge in [0.15, 0.2) is 5.60 Å². The monoisotopic (exact) mass is 217 g/mol. The van der Waals surface area contributed by atoms with Gasteiger partial charge in [0.1, 0.15) is 0 Å². The minimum absolute atomic E-state index is 0.105. The molecule has 3 heteroatoms. The van der Waals surface area contributed by atoms with Gasteiger partial charge in [-0.1, -0.05) is 18.2 Å². The molecule has 1 atom stereocenters. The van der Waals surface area contributed by atoms with Crippen LogP contribution in [0.15, 0.2) is 42.2 Å². The number of allylic oxidation sites excluding steroid dienone is 1. The number of amides is 1. The summed E-state index contributed by atoms with van der Waals surface area (Å²) in [5.41, 5.74) is 0.0294. The molecule has 2 rings (SSSR count). The maximum Gasteiger partial charge on any atom is 0.268 e. The molecule has 0 aromatic heterocycles. The zero-order valence-corrected chi connectivity index (χ0v) is 9.49. The highest BCUT2D eigenvalue weighted by Gasteiger charge is 2.38. The number of hydrogen-bond donors (Lipinski definition) is 1. The largest absolute Gasteiger partial charge is 0.482 e. The first-order chi connectivity index (χ1) is 7.60. The van der Waals surface area contributed by atoms with Gasteiger partial charge in [-0.2, -0.15) is 0 Å². The molecule has 0 saturated heterocycles. The van der Waals surface area contributed by atoms with E-state index in [2.05, 4.69) is 5.32 Å². The fourth-order valence-corrected chi connectivity index (χ4v) is 1.70. The Hall–Kier alpha value is -1.77. The van der Waals surface area contributed by atoms with Crippen LogP contribution in [0.25, 0.3) is 0 Å². The molecule has 1 aromatic rings. The number of hydrogen-bond acceptors (Lipinski definition) is 2. The Labute approximate surface area is 95.1 Å². The predicted molar refractivity (Wildman–Crippen MR) is 62.9 cm³/mol. The molecular weight excluding hydrogens is 202 g/mol. The van der Waals surface area contributed by atoms with Gasteiger partial charge in [0.25, 0.3) is 5.91 Å². The molecule has 1 heterocycles. The van der Waals surface area contributed by atoms with E-state index in [1.54, 1.807) is 6.92 Å². The van der Waals surface area contributed by atoms with Crippen LogP contribution >= 0.6 is 0 Å². The van der Waals surface area contributed by atoms with E-state index in [0.29, 0.717) is 6.42 Å². The summed E-state index contributed by atoms with van der Waals surface area (Å²) in [7, 11) is 0. The maximum absolute atomic E-state index is 12.0. The molecule has 1 aromatic carbocycles. The van der Waals surface area contributed by atoms with Crippen LogP contribution in [0.3, 0.4) is 0 Å². The normalized spacial score (nSPS) is 23.5. The van der Waals surface area contributed by atoms with Crippen LogP contribution in [0.4, 0.5) is 5.69 Å². The first-order valence-electron chi connectivity index (χ1n) is 5.32. The first-order valence-corrected chi connectivity index (χ1v) is 5.32. The number of para-hydroxylation sites is 1. The molecule has 1 N–H and O–H groups in total. The molecule has 0 fully saturated rings. The van der Waals surface area contributed by atoms with Crippen LogP contribution in [0.2, 0.25) is 0 Å². The lowest BCUT2D eigenvalue weighted by molar-refractivity contribution is -0.132. The van der Waals surface area contributed by atoms with Gasteiger partial charge < -0.3 is 10.1 Å². The van der Waals surface area contributed by atoms with Gasteiger partial charge in [-0.25, -0.2) is 0 Å². The fourth-order valence-electron chi connectivity index (χ4n) is 1.70. The molecular formula is C13H15NO2. The van der Waals surface area contributed by atoms with Crippen LogP contribution in [-0.2, 0) is 9.53 Å². The highest BCUT2D eigenvalue weighted by Crippen LogP contribution is 2.28. The molecule has 1 unspecified atom stereocenters. The van der Waals surface area contributed by atoms with E-state index < -0.39 is 5.60 Å². The lowest BCUT2D eigenvalue weighted by atomic mass is 10.0. The van der Waals surface area contributed by atoms with Crippen molar-refractivity contribution in [3.05, 3.63) is 42.2 Å². The molecule has 0 spiro atoms. The Kier molecular flexibility index (Phi) is 2.69. The van der Waals surface area contributed by atoms with Crippen LogP contribution in [0, 0.1) is 0 Å². The Morgan fingerprint density at radius 1 is 1.38 bits per heavy atom. The zero-order valence-electron chi connectivity index (χ0n) is 9.49. The molecule has 3 nitrogen and oxygen atoms in total. The summed E-state index contributed by atoms with van der Waals surface area (Å²) in [6, 6.07) is 9.40. The van der Waals surface area contributed by atoms with Crippen LogP contribution in [0.5, 0.6) is 0 Å². The first kappa shape index (κ1) is 10.7. The van der Waals surface area contributed by atoms with Crippen LogP contribution in [-0.4, -0.2) is 11.5 Å². The van der Waals surface area contributed by atoms with E-state index in [4.69, 9.17) is 4.74 Å². The predicted octanol–water partition coefficient (Wildman–Crippen LogP) is 2.71. The van der Waals surface area contributed by atoms with E-state index >= 15 is 0 Å². The number of anilines is 1. The Balaban J connectivity index is 2.05. The molecule has 0 aliphatic carbocycles. The average molecular weight is 217 g/mol. The van der Waals surface area contributed by atoms with E-state index in [9.17, 15) is 4.79 Å². The number of carbonyl (C=O) groups is 1. The maximum atomic E-state index is 12.0. The SMILES string of the molecule is CC1=CCC(C)(C(=O)Nc2ccccc2)O1. The highest BCUT2D eigenvalue weighted by molar-refractivity contribution is 5.97. The summed E-state index contributed by atoms with van der Waals surface area (Å²) in [4.78, 5) is 12.0. The van der Waals surface area contributed by atoms with Crippen molar-refractivity contribution in [3.63, 3.8) is 0 Å². The standard InChI is InChI=1S/C13H15NO2/c1-10-8-9-13(2,16-10)12(15)14-11-6-4-3-5-7-11/h3-8H,9H2,1-2H3,(H,14,15). The summed E-state index contributed by atoms with van der Waals surface area (Å²) < 4.78 is 5.53. The van der Waals surface area contributed by atoms with Gasteiger partial charge in [-0.15, -0.1) is 0 Å². The van der Waals surface area contributed by atoms with Crippen molar-refractivity contribution >= 4 is 11.6 Å². The summed E-state index contributed by atoms with van der Waals surface area (Å²) in [6.07, 6.45) is 2.56. The van der Waals surface area contributed by atoms with Crippen molar-refractivity contribution in [2.75, 3.05) is 5.32 Å². The topological polar surface area (TPSA) is 38.3 Å². The fraction of sp³-hybridized carbons (Fsp3) is 0.308. The summed E-state index contributed by atoms with van der Waals surface area (Å²) in [5, 5.41) is 2.85. The smallest absolute Gasteiger partial charge is 0.268 e. The van der Waals surface area contributed by atoms with Crippen molar-refractivity contribution in [1.82, 2.24) is 0 Å². The molecule has 0 bridgehead atoms. The van der Waals surface area contributed by atoms with Crippen molar-refractivity contribution in [2.45, 2.75) is 25.9 Å². The van der Waals surface area contributed by atoms with E-state index in [1.807, 2.05) is 43.3 Å². The van der Waals surface area contributed by atoms with Gasteiger partial charge in [0.05, 0.1) is 5.76 Å². The van der Waals surface area contributed by atoms with E-state index in [1.165, 1.54) is 0 Å². The number of benzene rings is 1. The molecule has 1 amide bonds. The van der Waals surface area contributed by atoms with Crippen LogP contribution < -0.4 is 5.32 Å². The summed E-state index contributed by atoms with van der Waals surface area (Å²) >= 11 is 0. The Bertz CT molecular complexity index is 425. The molecule has 84 valence electrons. The van der Waals surface area contributed by atoms with Gasteiger partial charge in [-0.05, 0) is 32.1 Å². The Morgan fingerprint density at radius 3 is 2.62 bits per heavy atom. The molecule has 1 aliphatic rings. The van der Waals surface area contributed by atoms with Gasteiger partial charge in [0, 0.05) is 12.1 Å². The summed E-state index contributed by atoms with van der Waals surface area (Å²) in [6.45, 7) is 3.67. The zero-order chi connectivity index (χ0) is 11.6. The van der Waals surface area contributed by atoms with Crippen LogP contribution in [0.1, 0.15) is 20.3 Å². The number of rotatable bonds is 2. The molecule has 0 radical (unpaired) electrons. The van der Waals surface area contributed by atoms with E-state index in [0.717, 1.165) is 11.4 Å². The van der Waals surface area contributed by atoms with Gasteiger partial charge >= 0.3 is 0 Å². The molecule has 1 aliphatic heterocycles. The third-order valence-electron chi connectivity index (χ3n) is 2.68. The van der Waals surface area contributed by atoms with Crippen molar-refractivity contribution in [3.8, 4) is 0 Å². The second kappa shape index (κ2) is 4.00. The van der Waals surface area contributed by atoms with Crippen molar-refractivity contribution in [1.29, 1.82) is 0 Å². The minimum atomic E-state index is -0.764. The second-order valence-corrected chi connectivity index (χ2v) is 4.17. The number of carbonyl (C=O) groups excluding carboxylic acids is 1. The van der Waals surface area contributed by atoms with Crippen molar-refractivity contribution < 1.29 is 9.53 Å². The van der Waals surface area contributed by atoms with Crippen molar-refractivity contribution in [2.24, 2.45) is 0 Å². The molecule has 16 heavy (non-hydrogen) atoms. The Morgan fingerprint density at radius 2 is 2.06 bits per heavy atom. The third kappa shape index (κ3) is 2.08. The number of nitrogens with one attached hydrogen (secondary N) is 1. The molecule has 0 saturated carbocycles. The van der Waals surface area contributed by atoms with Gasteiger partial charge in [0.2, 0.25) is 0 Å². The third-order valence-corrected chi connectivity index (χ3v) is 2.68. The second-order valence-electron chi connectivity index (χ2n) is 4.17. The summed E-state index contributed by atoms with van der Waals surface area (Å²) in [5.74, 6) is 0.706.